The van der Waals surface area contributed by atoms with Crippen molar-refractivity contribution < 1.29 is 14.3 Å². The molecule has 1 aromatic rings. The Morgan fingerprint density at radius 3 is 2.94 bits per heavy atom. The van der Waals surface area contributed by atoms with Crippen LogP contribution in [-0.4, -0.2) is 47.1 Å². The van der Waals surface area contributed by atoms with Crippen molar-refractivity contribution in [2.75, 3.05) is 20.2 Å². The first-order valence-corrected chi connectivity index (χ1v) is 5.74. The number of hydrogen-bond acceptors (Lipinski definition) is 4. The van der Waals surface area contributed by atoms with E-state index in [9.17, 15) is 9.59 Å². The van der Waals surface area contributed by atoms with E-state index in [-0.39, 0.29) is 18.5 Å². The number of carbonyl (C=O) groups is 2. The number of H-pyrrole nitrogens is 1. The zero-order chi connectivity index (χ0) is 13.1. The zero-order valence-corrected chi connectivity index (χ0v) is 10.4. The number of amides is 2. The summed E-state index contributed by atoms with van der Waals surface area (Å²) >= 11 is 0. The first-order chi connectivity index (χ1) is 8.61. The fourth-order valence-corrected chi connectivity index (χ4v) is 1.89. The van der Waals surface area contributed by atoms with Gasteiger partial charge in [0.05, 0.1) is 13.2 Å². The Balaban J connectivity index is 1.90. The van der Waals surface area contributed by atoms with Crippen LogP contribution in [0.4, 0.5) is 4.79 Å². The van der Waals surface area contributed by atoms with E-state index in [1.54, 1.807) is 11.1 Å². The molecule has 0 saturated carbocycles. The summed E-state index contributed by atoms with van der Waals surface area (Å²) in [6.45, 7) is 2.55. The second-order valence-corrected chi connectivity index (χ2v) is 4.19. The van der Waals surface area contributed by atoms with Crippen LogP contribution in [0.1, 0.15) is 24.0 Å². The maximum atomic E-state index is 11.9. The van der Waals surface area contributed by atoms with Crippen LogP contribution >= 0.6 is 0 Å². The third kappa shape index (κ3) is 2.44. The first kappa shape index (κ1) is 12.4. The molecule has 0 aliphatic carbocycles. The Hall–Kier alpha value is -2.05. The van der Waals surface area contributed by atoms with Gasteiger partial charge in [-0.25, -0.2) is 9.78 Å². The second-order valence-electron chi connectivity index (χ2n) is 4.19. The van der Waals surface area contributed by atoms with Crippen molar-refractivity contribution in [3.8, 4) is 0 Å². The predicted octanol–water partition coefficient (Wildman–Crippen LogP) is 0.348. The van der Waals surface area contributed by atoms with Gasteiger partial charge in [-0.05, 0) is 13.3 Å². The molecule has 1 saturated heterocycles. The molecule has 1 fully saturated rings. The van der Waals surface area contributed by atoms with Crippen LogP contribution in [-0.2, 0) is 9.53 Å². The Labute approximate surface area is 105 Å². The van der Waals surface area contributed by atoms with Gasteiger partial charge in [0.15, 0.2) is 0 Å². The minimum Gasteiger partial charge on any atom is -0.453 e. The first-order valence-electron chi connectivity index (χ1n) is 5.74. The Kier molecular flexibility index (Phi) is 3.50. The molecule has 1 unspecified atom stereocenters. The molecule has 1 atom stereocenters. The van der Waals surface area contributed by atoms with Gasteiger partial charge in [0.25, 0.3) is 0 Å². The maximum Gasteiger partial charge on any atom is 0.407 e. The van der Waals surface area contributed by atoms with Crippen molar-refractivity contribution >= 4 is 12.0 Å². The smallest absolute Gasteiger partial charge is 0.407 e. The SMILES string of the molecule is COC(=O)NCC(=O)N1CCC1c1ncc(C)[nH]1. The third-order valence-electron chi connectivity index (χ3n) is 2.95. The molecule has 2 N–H and O–H groups in total. The van der Waals surface area contributed by atoms with Crippen LogP contribution in [0, 0.1) is 6.92 Å². The molecule has 2 rings (SSSR count). The van der Waals surface area contributed by atoms with E-state index in [0.717, 1.165) is 17.9 Å². The van der Waals surface area contributed by atoms with Gasteiger partial charge in [0.1, 0.15) is 12.4 Å². The van der Waals surface area contributed by atoms with Crippen molar-refractivity contribution in [2.24, 2.45) is 0 Å². The van der Waals surface area contributed by atoms with Crippen molar-refractivity contribution in [3.63, 3.8) is 0 Å². The topological polar surface area (TPSA) is 87.3 Å². The summed E-state index contributed by atoms with van der Waals surface area (Å²) in [6.07, 6.45) is 2.02. The summed E-state index contributed by atoms with van der Waals surface area (Å²) in [5, 5.41) is 2.38. The predicted molar refractivity (Wildman–Crippen MR) is 62.8 cm³/mol. The molecule has 2 heterocycles. The lowest BCUT2D eigenvalue weighted by Crippen LogP contribution is -2.49. The lowest BCUT2D eigenvalue weighted by atomic mass is 10.0. The van der Waals surface area contributed by atoms with Crippen molar-refractivity contribution in [2.45, 2.75) is 19.4 Å². The highest BCUT2D eigenvalue weighted by Gasteiger charge is 2.35. The number of rotatable bonds is 3. The standard InChI is InChI=1S/C11H16N4O3/c1-7-5-12-10(14-7)8-3-4-15(8)9(16)6-13-11(17)18-2/h5,8H,3-4,6H2,1-2H3,(H,12,14)(H,13,17). The molecule has 0 spiro atoms. The van der Waals surface area contributed by atoms with Gasteiger partial charge in [-0.3, -0.25) is 4.79 Å². The fraction of sp³-hybridized carbons (Fsp3) is 0.545. The average molecular weight is 252 g/mol. The molecule has 7 heteroatoms. The average Bonchev–Trinajstić information content (AvgIpc) is 2.70. The van der Waals surface area contributed by atoms with E-state index >= 15 is 0 Å². The number of aryl methyl sites for hydroxylation is 1. The highest BCUT2D eigenvalue weighted by molar-refractivity contribution is 5.83. The molecule has 0 radical (unpaired) electrons. The second kappa shape index (κ2) is 5.07. The van der Waals surface area contributed by atoms with E-state index in [4.69, 9.17) is 0 Å². The van der Waals surface area contributed by atoms with Gasteiger partial charge in [0, 0.05) is 18.4 Å². The fourth-order valence-electron chi connectivity index (χ4n) is 1.89. The Morgan fingerprint density at radius 2 is 2.44 bits per heavy atom. The van der Waals surface area contributed by atoms with Crippen molar-refractivity contribution in [1.82, 2.24) is 20.2 Å². The number of nitrogens with zero attached hydrogens (tertiary/aromatic N) is 2. The molecule has 0 aromatic carbocycles. The molecule has 1 aromatic heterocycles. The number of likely N-dealkylation sites (tertiary alicyclic amines) is 1. The van der Waals surface area contributed by atoms with Crippen LogP contribution in [0.3, 0.4) is 0 Å². The van der Waals surface area contributed by atoms with E-state index in [2.05, 4.69) is 20.0 Å². The number of methoxy groups -OCH3 is 1. The molecule has 2 amide bonds. The minimum absolute atomic E-state index is 0.00866. The minimum atomic E-state index is -0.603. The summed E-state index contributed by atoms with van der Waals surface area (Å²) in [4.78, 5) is 31.8. The van der Waals surface area contributed by atoms with Gasteiger partial charge < -0.3 is 19.9 Å². The van der Waals surface area contributed by atoms with Crippen LogP contribution < -0.4 is 5.32 Å². The number of ether oxygens (including phenoxy) is 1. The molecular weight excluding hydrogens is 236 g/mol. The molecule has 1 aliphatic heterocycles. The normalized spacial score (nSPS) is 18.1. The van der Waals surface area contributed by atoms with E-state index < -0.39 is 6.09 Å². The number of aromatic nitrogens is 2. The van der Waals surface area contributed by atoms with Crippen molar-refractivity contribution in [1.29, 1.82) is 0 Å². The number of alkyl carbamates (subject to hydrolysis) is 1. The summed E-state index contributed by atoms with van der Waals surface area (Å²) in [6, 6.07) is -0.00866. The van der Waals surface area contributed by atoms with E-state index in [1.165, 1.54) is 7.11 Å². The van der Waals surface area contributed by atoms with Gasteiger partial charge in [0.2, 0.25) is 5.91 Å². The Bertz CT molecular complexity index is 457. The van der Waals surface area contributed by atoms with Crippen LogP contribution in [0.25, 0.3) is 0 Å². The van der Waals surface area contributed by atoms with Crippen LogP contribution in [0.15, 0.2) is 6.20 Å². The quantitative estimate of drug-likeness (QED) is 0.812. The number of carbonyl (C=O) groups excluding carboxylic acids is 2. The van der Waals surface area contributed by atoms with Gasteiger partial charge in [-0.1, -0.05) is 0 Å². The molecular formula is C11H16N4O3. The zero-order valence-electron chi connectivity index (χ0n) is 10.4. The van der Waals surface area contributed by atoms with Gasteiger partial charge in [-0.2, -0.15) is 0 Å². The molecule has 1 aliphatic rings. The molecule has 98 valence electrons. The van der Waals surface area contributed by atoms with E-state index in [0.29, 0.717) is 6.54 Å². The Morgan fingerprint density at radius 1 is 1.67 bits per heavy atom. The summed E-state index contributed by atoms with van der Waals surface area (Å²) < 4.78 is 4.41. The molecule has 7 nitrogen and oxygen atoms in total. The van der Waals surface area contributed by atoms with Crippen LogP contribution in [0.5, 0.6) is 0 Å². The lowest BCUT2D eigenvalue weighted by molar-refractivity contribution is -0.138. The summed E-state index contributed by atoms with van der Waals surface area (Å²) in [5.74, 6) is 0.663. The largest absolute Gasteiger partial charge is 0.453 e. The number of imidazole rings is 1. The number of aromatic amines is 1. The van der Waals surface area contributed by atoms with Gasteiger partial charge >= 0.3 is 6.09 Å². The van der Waals surface area contributed by atoms with Crippen LogP contribution in [0.2, 0.25) is 0 Å². The van der Waals surface area contributed by atoms with E-state index in [1.807, 2.05) is 6.92 Å². The monoisotopic (exact) mass is 252 g/mol. The summed E-state index contributed by atoms with van der Waals surface area (Å²) in [5.41, 5.74) is 0.969. The third-order valence-corrected chi connectivity index (χ3v) is 2.95. The maximum absolute atomic E-state index is 11.9. The van der Waals surface area contributed by atoms with Gasteiger partial charge in [-0.15, -0.1) is 0 Å². The van der Waals surface area contributed by atoms with Crippen molar-refractivity contribution in [3.05, 3.63) is 17.7 Å². The summed E-state index contributed by atoms with van der Waals surface area (Å²) in [7, 11) is 1.26. The number of hydrogen-bond donors (Lipinski definition) is 2. The highest BCUT2D eigenvalue weighted by Crippen LogP contribution is 2.30. The molecule has 0 bridgehead atoms. The number of nitrogens with one attached hydrogen (secondary N) is 2. The lowest BCUT2D eigenvalue weighted by Gasteiger charge is -2.39. The highest BCUT2D eigenvalue weighted by atomic mass is 16.5. The molecule has 18 heavy (non-hydrogen) atoms.